The number of benzene rings is 1. The van der Waals surface area contributed by atoms with E-state index in [0.717, 1.165) is 24.4 Å². The van der Waals surface area contributed by atoms with Crippen LogP contribution in [0, 0.1) is 0 Å². The molecule has 1 aromatic rings. The van der Waals surface area contributed by atoms with E-state index in [-0.39, 0.29) is 12.6 Å². The first-order chi connectivity index (χ1) is 12.3. The number of hydrogen-bond donors (Lipinski definition) is 2. The van der Waals surface area contributed by atoms with Crippen LogP contribution in [-0.2, 0) is 20.9 Å². The summed E-state index contributed by atoms with van der Waals surface area (Å²) in [6.45, 7) is 7.90. The molecule has 0 aromatic heterocycles. The fraction of sp³-hybridized carbons (Fsp3) is 0.579. The number of amides is 1. The van der Waals surface area contributed by atoms with Crippen LogP contribution < -0.4 is 11.1 Å². The van der Waals surface area contributed by atoms with Gasteiger partial charge < -0.3 is 20.5 Å². The Morgan fingerprint density at radius 3 is 2.46 bits per heavy atom. The normalized spacial score (nSPS) is 12.3. The first-order valence-corrected chi connectivity index (χ1v) is 12.9. The third kappa shape index (κ3) is 10.9. The Kier molecular flexibility index (Phi) is 9.98. The van der Waals surface area contributed by atoms with Crippen molar-refractivity contribution in [2.45, 2.75) is 57.6 Å². The lowest BCUT2D eigenvalue weighted by Gasteiger charge is -2.17. The summed E-state index contributed by atoms with van der Waals surface area (Å²) in [6.07, 6.45) is 1.58. The van der Waals surface area contributed by atoms with Gasteiger partial charge in [0.15, 0.2) is 0 Å². The lowest BCUT2D eigenvalue weighted by Crippen LogP contribution is -2.34. The van der Waals surface area contributed by atoms with Gasteiger partial charge >= 0.3 is 12.1 Å². The number of ether oxygens (including phenoxy) is 2. The number of nitrogens with one attached hydrogen (secondary N) is 1. The van der Waals surface area contributed by atoms with Gasteiger partial charge in [0.25, 0.3) is 0 Å². The Morgan fingerprint density at radius 1 is 1.12 bits per heavy atom. The smallest absolute Gasteiger partial charge is 0.407 e. The van der Waals surface area contributed by atoms with Crippen LogP contribution in [0.3, 0.4) is 0 Å². The molecule has 1 amide bonds. The summed E-state index contributed by atoms with van der Waals surface area (Å²) in [4.78, 5) is 23.4. The zero-order valence-electron chi connectivity index (χ0n) is 16.1. The van der Waals surface area contributed by atoms with Gasteiger partial charge in [0.1, 0.15) is 12.6 Å². The Morgan fingerprint density at radius 2 is 1.81 bits per heavy atom. The Balaban J connectivity index is 2.05. The maximum absolute atomic E-state index is 11.8. The van der Waals surface area contributed by atoms with Gasteiger partial charge in [-0.1, -0.05) is 50.0 Å². The van der Waals surface area contributed by atoms with Gasteiger partial charge in [-0.25, -0.2) is 4.79 Å². The number of nitrogens with two attached hydrogens (primary N) is 1. The molecule has 0 spiro atoms. The fourth-order valence-corrected chi connectivity index (χ4v) is 2.85. The van der Waals surface area contributed by atoms with Crippen molar-refractivity contribution in [3.05, 3.63) is 35.9 Å². The zero-order chi connectivity index (χ0) is 19.4. The van der Waals surface area contributed by atoms with Crippen molar-refractivity contribution in [2.24, 2.45) is 5.73 Å². The summed E-state index contributed by atoms with van der Waals surface area (Å²) >= 11 is 0. The van der Waals surface area contributed by atoms with Crippen LogP contribution in [-0.4, -0.2) is 39.3 Å². The van der Waals surface area contributed by atoms with Crippen molar-refractivity contribution in [3.8, 4) is 0 Å². The van der Waals surface area contributed by atoms with E-state index < -0.39 is 20.2 Å². The molecule has 7 heteroatoms. The van der Waals surface area contributed by atoms with E-state index in [1.54, 1.807) is 0 Å². The van der Waals surface area contributed by atoms with Crippen molar-refractivity contribution in [3.63, 3.8) is 0 Å². The molecule has 0 aliphatic rings. The van der Waals surface area contributed by atoms with Gasteiger partial charge in [-0.15, -0.1) is 0 Å². The molecule has 6 nitrogen and oxygen atoms in total. The maximum atomic E-state index is 11.8. The molecule has 0 radical (unpaired) electrons. The van der Waals surface area contributed by atoms with Crippen molar-refractivity contribution in [1.82, 2.24) is 5.32 Å². The number of alkyl carbamates (subject to hydrolysis) is 1. The van der Waals surface area contributed by atoms with Crippen LogP contribution in [0.1, 0.15) is 24.8 Å². The first-order valence-electron chi connectivity index (χ1n) is 9.15. The van der Waals surface area contributed by atoms with E-state index >= 15 is 0 Å². The van der Waals surface area contributed by atoms with E-state index in [9.17, 15) is 9.59 Å². The molecule has 0 unspecified atom stereocenters. The molecule has 3 N–H and O–H groups in total. The summed E-state index contributed by atoms with van der Waals surface area (Å²) in [5, 5.41) is 2.69. The average molecular weight is 381 g/mol. The van der Waals surface area contributed by atoms with Crippen LogP contribution in [0.4, 0.5) is 4.79 Å². The number of carbonyl (C=O) groups excluding carboxylic acids is 2. The standard InChI is InChI=1S/C19H32N2O4Si/c1-26(2,3)14-13-24-18(22)17(20)11-7-8-12-21-19(23)25-15-16-9-5-4-6-10-16/h4-6,9-10,17H,7-8,11-15,20H2,1-3H3,(H,21,23)/t17-/m1/s1. The van der Waals surface area contributed by atoms with Gasteiger partial charge in [0, 0.05) is 14.6 Å². The summed E-state index contributed by atoms with van der Waals surface area (Å²) in [5.41, 5.74) is 6.79. The molecule has 0 aliphatic carbocycles. The number of rotatable bonds is 11. The van der Waals surface area contributed by atoms with E-state index in [1.807, 2.05) is 30.3 Å². The molecule has 0 saturated heterocycles. The molecule has 26 heavy (non-hydrogen) atoms. The summed E-state index contributed by atoms with van der Waals surface area (Å²) < 4.78 is 10.4. The lowest BCUT2D eigenvalue weighted by molar-refractivity contribution is -0.144. The van der Waals surface area contributed by atoms with Crippen molar-refractivity contribution >= 4 is 20.1 Å². The van der Waals surface area contributed by atoms with E-state index in [1.165, 1.54) is 0 Å². The molecule has 0 aliphatic heterocycles. The van der Waals surface area contributed by atoms with Crippen molar-refractivity contribution < 1.29 is 19.1 Å². The highest BCUT2D eigenvalue weighted by atomic mass is 28.3. The topological polar surface area (TPSA) is 90.6 Å². The minimum atomic E-state index is -1.20. The van der Waals surface area contributed by atoms with E-state index in [0.29, 0.717) is 19.6 Å². The summed E-state index contributed by atoms with van der Waals surface area (Å²) in [5.74, 6) is -0.335. The van der Waals surface area contributed by atoms with Crippen molar-refractivity contribution in [1.29, 1.82) is 0 Å². The first kappa shape index (κ1) is 22.2. The van der Waals surface area contributed by atoms with Crippen molar-refractivity contribution in [2.75, 3.05) is 13.2 Å². The maximum Gasteiger partial charge on any atom is 0.407 e. The Hall–Kier alpha value is -1.86. The Bertz CT molecular complexity index is 546. The number of hydrogen-bond acceptors (Lipinski definition) is 5. The second-order valence-corrected chi connectivity index (χ2v) is 13.2. The molecule has 0 heterocycles. The minimum absolute atomic E-state index is 0.251. The Labute approximate surface area is 157 Å². The molecule has 0 fully saturated rings. The highest BCUT2D eigenvalue weighted by Crippen LogP contribution is 2.08. The van der Waals surface area contributed by atoms with Crippen LogP contribution in [0.15, 0.2) is 30.3 Å². The van der Waals surface area contributed by atoms with Gasteiger partial charge in [-0.3, -0.25) is 4.79 Å². The van der Waals surface area contributed by atoms with Gasteiger partial charge in [0.05, 0.1) is 6.61 Å². The lowest BCUT2D eigenvalue weighted by atomic mass is 10.1. The third-order valence-corrected chi connectivity index (χ3v) is 5.53. The predicted molar refractivity (Wildman–Crippen MR) is 106 cm³/mol. The van der Waals surface area contributed by atoms with Gasteiger partial charge in [0.2, 0.25) is 0 Å². The van der Waals surface area contributed by atoms with Gasteiger partial charge in [-0.2, -0.15) is 0 Å². The second kappa shape index (κ2) is 11.7. The number of esters is 1. The molecule has 1 rings (SSSR count). The van der Waals surface area contributed by atoms with Crippen LogP contribution in [0.2, 0.25) is 25.7 Å². The van der Waals surface area contributed by atoms with Crippen LogP contribution in [0.5, 0.6) is 0 Å². The average Bonchev–Trinajstić information content (AvgIpc) is 2.59. The fourth-order valence-electron chi connectivity index (χ4n) is 2.14. The molecular weight excluding hydrogens is 348 g/mol. The highest BCUT2D eigenvalue weighted by Gasteiger charge is 2.17. The van der Waals surface area contributed by atoms with Crippen LogP contribution >= 0.6 is 0 Å². The predicted octanol–water partition coefficient (Wildman–Crippen LogP) is 3.29. The number of carbonyl (C=O) groups is 2. The largest absolute Gasteiger partial charge is 0.465 e. The molecule has 0 saturated carbocycles. The van der Waals surface area contributed by atoms with E-state index in [2.05, 4.69) is 25.0 Å². The SMILES string of the molecule is C[Si](C)(C)CCOC(=O)[C@H](N)CCCCNC(=O)OCc1ccccc1. The summed E-state index contributed by atoms with van der Waals surface area (Å²) in [7, 11) is -1.20. The zero-order valence-corrected chi connectivity index (χ0v) is 17.1. The highest BCUT2D eigenvalue weighted by molar-refractivity contribution is 6.76. The van der Waals surface area contributed by atoms with E-state index in [4.69, 9.17) is 15.2 Å². The molecule has 1 atom stereocenters. The molecule has 146 valence electrons. The van der Waals surface area contributed by atoms with Crippen LogP contribution in [0.25, 0.3) is 0 Å². The molecular formula is C19H32N2O4Si. The molecule has 1 aromatic carbocycles. The quantitative estimate of drug-likeness (QED) is 0.349. The number of unbranched alkanes of at least 4 members (excludes halogenated alkanes) is 1. The molecule has 0 bridgehead atoms. The minimum Gasteiger partial charge on any atom is -0.465 e. The van der Waals surface area contributed by atoms with Gasteiger partial charge in [-0.05, 0) is 30.9 Å². The monoisotopic (exact) mass is 380 g/mol. The third-order valence-electron chi connectivity index (χ3n) is 3.82. The second-order valence-electron chi connectivity index (χ2n) is 7.57. The summed E-state index contributed by atoms with van der Waals surface area (Å²) in [6, 6.07) is 9.86.